The van der Waals surface area contributed by atoms with Gasteiger partial charge in [-0.2, -0.15) is 5.01 Å². The van der Waals surface area contributed by atoms with Gasteiger partial charge in [-0.05, 0) is 43.9 Å². The maximum absolute atomic E-state index is 12.7. The van der Waals surface area contributed by atoms with Crippen molar-refractivity contribution in [2.75, 3.05) is 0 Å². The fourth-order valence-electron chi connectivity index (χ4n) is 2.98. The Morgan fingerprint density at radius 3 is 2.42 bits per heavy atom. The fraction of sp³-hybridized carbons (Fsp3) is 0.250. The highest BCUT2D eigenvalue weighted by Gasteiger charge is 2.48. The summed E-state index contributed by atoms with van der Waals surface area (Å²) in [5.74, 6) is -0.945. The molecule has 0 aliphatic carbocycles. The van der Waals surface area contributed by atoms with Crippen LogP contribution in [0.2, 0.25) is 0 Å². The maximum atomic E-state index is 12.7. The van der Waals surface area contributed by atoms with Crippen LogP contribution in [-0.4, -0.2) is 28.4 Å². The number of aryl methyl sites for hydroxylation is 2. The number of urea groups is 1. The summed E-state index contributed by atoms with van der Waals surface area (Å²) in [5.41, 5.74) is 3.64. The van der Waals surface area contributed by atoms with Crippen LogP contribution in [0.15, 0.2) is 54.6 Å². The van der Waals surface area contributed by atoms with Gasteiger partial charge in [-0.1, -0.05) is 48.5 Å². The minimum Gasteiger partial charge on any atom is -0.322 e. The lowest BCUT2D eigenvalue weighted by Crippen LogP contribution is -2.49. The number of carbonyl (C=O) groups excluding carboxylic acids is 3. The smallest absolute Gasteiger partial charge is 0.322 e. The molecular formula is C20H21N3O3. The molecule has 1 saturated heterocycles. The molecule has 0 aromatic heterocycles. The number of amides is 4. The van der Waals surface area contributed by atoms with Gasteiger partial charge in [0.05, 0.1) is 0 Å². The van der Waals surface area contributed by atoms with Crippen molar-refractivity contribution >= 4 is 17.8 Å². The lowest BCUT2D eigenvalue weighted by molar-refractivity contribution is -0.132. The third-order valence-electron chi connectivity index (χ3n) is 4.62. The van der Waals surface area contributed by atoms with Gasteiger partial charge < -0.3 is 5.32 Å². The standard InChI is InChI=1S/C20H21N3O3/c1-14-8-6-7-11-16(14)17(24)22-23-18(25)20(2,21-19(23)26)13-12-15-9-4-3-5-10-15/h3-11H,12-13H2,1-2H3,(H,21,26)(H,22,24). The van der Waals surface area contributed by atoms with E-state index >= 15 is 0 Å². The van der Waals surface area contributed by atoms with Crippen molar-refractivity contribution in [1.82, 2.24) is 15.8 Å². The Morgan fingerprint density at radius 1 is 1.08 bits per heavy atom. The molecule has 2 aromatic carbocycles. The number of hydrazine groups is 1. The summed E-state index contributed by atoms with van der Waals surface area (Å²) >= 11 is 0. The van der Waals surface area contributed by atoms with Gasteiger partial charge in [-0.3, -0.25) is 15.0 Å². The van der Waals surface area contributed by atoms with E-state index in [1.807, 2.05) is 36.4 Å². The Kier molecular flexibility index (Phi) is 4.75. The third kappa shape index (κ3) is 3.44. The molecule has 1 aliphatic rings. The monoisotopic (exact) mass is 351 g/mol. The van der Waals surface area contributed by atoms with Crippen molar-refractivity contribution in [3.05, 3.63) is 71.3 Å². The molecule has 134 valence electrons. The molecule has 2 N–H and O–H groups in total. The molecule has 0 saturated carbocycles. The highest BCUT2D eigenvalue weighted by Crippen LogP contribution is 2.22. The average molecular weight is 351 g/mol. The average Bonchev–Trinajstić information content (AvgIpc) is 2.85. The van der Waals surface area contributed by atoms with Crippen molar-refractivity contribution < 1.29 is 14.4 Å². The van der Waals surface area contributed by atoms with Crippen LogP contribution in [-0.2, 0) is 11.2 Å². The fourth-order valence-corrected chi connectivity index (χ4v) is 2.98. The summed E-state index contributed by atoms with van der Waals surface area (Å²) in [6.45, 7) is 3.47. The van der Waals surface area contributed by atoms with Gasteiger partial charge in [0.15, 0.2) is 0 Å². The number of nitrogens with zero attached hydrogens (tertiary/aromatic N) is 1. The molecule has 1 fully saturated rings. The second-order valence-electron chi connectivity index (χ2n) is 6.64. The largest absolute Gasteiger partial charge is 0.344 e. The van der Waals surface area contributed by atoms with Gasteiger partial charge in [0, 0.05) is 5.56 Å². The summed E-state index contributed by atoms with van der Waals surface area (Å²) in [6, 6.07) is 16.1. The summed E-state index contributed by atoms with van der Waals surface area (Å²) in [7, 11) is 0. The number of rotatable bonds is 5. The Bertz CT molecular complexity index is 850. The van der Waals surface area contributed by atoms with E-state index in [-0.39, 0.29) is 0 Å². The van der Waals surface area contributed by atoms with Crippen molar-refractivity contribution in [3.63, 3.8) is 0 Å². The molecule has 3 rings (SSSR count). The molecule has 1 unspecified atom stereocenters. The number of nitrogens with one attached hydrogen (secondary N) is 2. The van der Waals surface area contributed by atoms with E-state index in [2.05, 4.69) is 10.7 Å². The molecule has 0 radical (unpaired) electrons. The molecule has 6 heteroatoms. The minimum atomic E-state index is -1.05. The highest BCUT2D eigenvalue weighted by molar-refractivity contribution is 6.09. The minimum absolute atomic E-state index is 0.422. The molecule has 6 nitrogen and oxygen atoms in total. The molecule has 0 spiro atoms. The Morgan fingerprint density at radius 2 is 1.73 bits per heavy atom. The van der Waals surface area contributed by atoms with Crippen molar-refractivity contribution in [3.8, 4) is 0 Å². The van der Waals surface area contributed by atoms with E-state index in [4.69, 9.17) is 0 Å². The zero-order valence-corrected chi connectivity index (χ0v) is 14.8. The molecule has 1 atom stereocenters. The SMILES string of the molecule is Cc1ccccc1C(=O)NN1C(=O)NC(C)(CCc2ccccc2)C1=O. The number of carbonyl (C=O) groups is 3. The Balaban J connectivity index is 1.70. The first-order valence-corrected chi connectivity index (χ1v) is 8.48. The Labute approximate surface area is 152 Å². The second kappa shape index (κ2) is 7.00. The van der Waals surface area contributed by atoms with Crippen molar-refractivity contribution in [2.24, 2.45) is 0 Å². The van der Waals surface area contributed by atoms with Crippen LogP contribution < -0.4 is 10.7 Å². The van der Waals surface area contributed by atoms with Gasteiger partial charge in [0.1, 0.15) is 5.54 Å². The first-order valence-electron chi connectivity index (χ1n) is 8.48. The molecule has 1 aliphatic heterocycles. The molecule has 2 aromatic rings. The van der Waals surface area contributed by atoms with Crippen LogP contribution in [0.3, 0.4) is 0 Å². The van der Waals surface area contributed by atoms with Crippen LogP contribution in [0.25, 0.3) is 0 Å². The van der Waals surface area contributed by atoms with Crippen molar-refractivity contribution in [2.45, 2.75) is 32.2 Å². The second-order valence-corrected chi connectivity index (χ2v) is 6.64. The van der Waals surface area contributed by atoms with Gasteiger partial charge in [-0.25, -0.2) is 4.79 Å². The topological polar surface area (TPSA) is 78.5 Å². The molecule has 1 heterocycles. The van der Waals surface area contributed by atoms with Gasteiger partial charge in [0.25, 0.3) is 11.8 Å². The normalized spacial score (nSPS) is 19.4. The number of benzene rings is 2. The highest BCUT2D eigenvalue weighted by atomic mass is 16.2. The van der Waals surface area contributed by atoms with E-state index in [1.165, 1.54) is 0 Å². The van der Waals surface area contributed by atoms with Crippen LogP contribution >= 0.6 is 0 Å². The van der Waals surface area contributed by atoms with Gasteiger partial charge in [0.2, 0.25) is 0 Å². The first kappa shape index (κ1) is 17.7. The van der Waals surface area contributed by atoms with Crippen LogP contribution in [0.1, 0.15) is 34.8 Å². The lowest BCUT2D eigenvalue weighted by atomic mass is 9.93. The number of hydrogen-bond acceptors (Lipinski definition) is 3. The summed E-state index contributed by atoms with van der Waals surface area (Å²) in [4.78, 5) is 37.4. The maximum Gasteiger partial charge on any atom is 0.344 e. The van der Waals surface area contributed by atoms with E-state index in [0.29, 0.717) is 18.4 Å². The molecule has 0 bridgehead atoms. The zero-order valence-electron chi connectivity index (χ0n) is 14.8. The summed E-state index contributed by atoms with van der Waals surface area (Å²) in [5, 5.41) is 3.47. The molecular weight excluding hydrogens is 330 g/mol. The van der Waals surface area contributed by atoms with E-state index in [1.54, 1.807) is 32.0 Å². The zero-order chi connectivity index (χ0) is 18.7. The summed E-state index contributed by atoms with van der Waals surface area (Å²) < 4.78 is 0. The first-order chi connectivity index (χ1) is 12.4. The van der Waals surface area contributed by atoms with Gasteiger partial charge >= 0.3 is 6.03 Å². The number of imide groups is 1. The van der Waals surface area contributed by atoms with Crippen LogP contribution in [0.4, 0.5) is 4.79 Å². The predicted octanol–water partition coefficient (Wildman–Crippen LogP) is 2.58. The van der Waals surface area contributed by atoms with E-state index in [0.717, 1.165) is 16.1 Å². The van der Waals surface area contributed by atoms with Crippen LogP contribution in [0.5, 0.6) is 0 Å². The van der Waals surface area contributed by atoms with Crippen molar-refractivity contribution in [1.29, 1.82) is 0 Å². The van der Waals surface area contributed by atoms with Crippen LogP contribution in [0, 0.1) is 6.92 Å². The number of hydrogen-bond donors (Lipinski definition) is 2. The lowest BCUT2D eigenvalue weighted by Gasteiger charge is -2.21. The molecule has 4 amide bonds. The Hall–Kier alpha value is -3.15. The van der Waals surface area contributed by atoms with E-state index < -0.39 is 23.4 Å². The third-order valence-corrected chi connectivity index (χ3v) is 4.62. The predicted molar refractivity (Wildman–Crippen MR) is 97.2 cm³/mol. The van der Waals surface area contributed by atoms with E-state index in [9.17, 15) is 14.4 Å². The quantitative estimate of drug-likeness (QED) is 0.813. The summed E-state index contributed by atoms with van der Waals surface area (Å²) in [6.07, 6.45) is 1.08. The van der Waals surface area contributed by atoms with Gasteiger partial charge in [-0.15, -0.1) is 0 Å². The molecule has 26 heavy (non-hydrogen) atoms.